The summed E-state index contributed by atoms with van der Waals surface area (Å²) in [7, 11) is 0. The highest BCUT2D eigenvalue weighted by Crippen LogP contribution is 2.23. The van der Waals surface area contributed by atoms with Gasteiger partial charge >= 0.3 is 6.09 Å². The third-order valence-corrected chi connectivity index (χ3v) is 2.11. The Balaban J connectivity index is 4.09. The maximum atomic E-state index is 10.6. The molecule has 0 saturated carbocycles. The molecule has 4 nitrogen and oxygen atoms in total. The van der Waals surface area contributed by atoms with Crippen molar-refractivity contribution < 1.29 is 14.6 Å². The van der Waals surface area contributed by atoms with E-state index >= 15 is 0 Å². The Bertz CT molecular complexity index is 180. The van der Waals surface area contributed by atoms with Gasteiger partial charge in [-0.05, 0) is 32.6 Å². The lowest BCUT2D eigenvalue weighted by atomic mass is 9.91. The fourth-order valence-corrected chi connectivity index (χ4v) is 1.68. The first-order valence-corrected chi connectivity index (χ1v) is 5.00. The van der Waals surface area contributed by atoms with Gasteiger partial charge in [0.15, 0.2) is 0 Å². The van der Waals surface area contributed by atoms with Crippen molar-refractivity contribution >= 4 is 6.09 Å². The highest BCUT2D eigenvalue weighted by atomic mass is 16.6. The molecule has 0 aliphatic carbocycles. The van der Waals surface area contributed by atoms with E-state index in [0.717, 1.165) is 12.8 Å². The second-order valence-corrected chi connectivity index (χ2v) is 4.22. The summed E-state index contributed by atoms with van der Waals surface area (Å²) < 4.78 is 4.94. The standard InChI is InChI=1S/C10H21NO3/c1-4-5-8(7-12)6-10(2,3)14-9(11)13/h8,12H,4-7H2,1-3H3,(H2,11,13). The Kier molecular flexibility index (Phi) is 5.53. The van der Waals surface area contributed by atoms with E-state index in [1.165, 1.54) is 0 Å². The molecular formula is C10H21NO3. The molecule has 0 saturated heterocycles. The molecule has 14 heavy (non-hydrogen) atoms. The van der Waals surface area contributed by atoms with Crippen molar-refractivity contribution in [2.24, 2.45) is 11.7 Å². The maximum Gasteiger partial charge on any atom is 0.405 e. The summed E-state index contributed by atoms with van der Waals surface area (Å²) in [4.78, 5) is 10.6. The van der Waals surface area contributed by atoms with Gasteiger partial charge < -0.3 is 15.6 Å². The Morgan fingerprint density at radius 2 is 2.14 bits per heavy atom. The zero-order valence-electron chi connectivity index (χ0n) is 9.25. The van der Waals surface area contributed by atoms with Crippen LogP contribution in [0.4, 0.5) is 4.79 Å². The first-order chi connectivity index (χ1) is 6.41. The third-order valence-electron chi connectivity index (χ3n) is 2.11. The van der Waals surface area contributed by atoms with Gasteiger partial charge in [0, 0.05) is 6.61 Å². The average molecular weight is 203 g/mol. The minimum Gasteiger partial charge on any atom is -0.444 e. The summed E-state index contributed by atoms with van der Waals surface area (Å²) in [5.74, 6) is 0.175. The van der Waals surface area contributed by atoms with Crippen LogP contribution in [-0.2, 0) is 4.74 Å². The van der Waals surface area contributed by atoms with Gasteiger partial charge in [-0.1, -0.05) is 13.3 Å². The maximum absolute atomic E-state index is 10.6. The molecule has 0 radical (unpaired) electrons. The second kappa shape index (κ2) is 5.86. The zero-order chi connectivity index (χ0) is 11.2. The fourth-order valence-electron chi connectivity index (χ4n) is 1.68. The number of hydrogen-bond donors (Lipinski definition) is 2. The van der Waals surface area contributed by atoms with Crippen LogP contribution in [0.15, 0.2) is 0 Å². The summed E-state index contributed by atoms with van der Waals surface area (Å²) >= 11 is 0. The lowest BCUT2D eigenvalue weighted by Gasteiger charge is -2.27. The van der Waals surface area contributed by atoms with Gasteiger partial charge in [0.05, 0.1) is 0 Å². The van der Waals surface area contributed by atoms with E-state index in [0.29, 0.717) is 6.42 Å². The van der Waals surface area contributed by atoms with Gasteiger partial charge in [-0.3, -0.25) is 0 Å². The molecular weight excluding hydrogens is 182 g/mol. The molecule has 84 valence electrons. The van der Waals surface area contributed by atoms with Gasteiger partial charge in [-0.15, -0.1) is 0 Å². The van der Waals surface area contributed by atoms with Crippen LogP contribution in [0.3, 0.4) is 0 Å². The van der Waals surface area contributed by atoms with E-state index in [4.69, 9.17) is 15.6 Å². The Morgan fingerprint density at radius 3 is 2.50 bits per heavy atom. The number of primary amides is 1. The zero-order valence-corrected chi connectivity index (χ0v) is 9.25. The Hall–Kier alpha value is -0.770. The molecule has 1 unspecified atom stereocenters. The summed E-state index contributed by atoms with van der Waals surface area (Å²) in [5.41, 5.74) is 4.36. The van der Waals surface area contributed by atoms with Crippen LogP contribution in [-0.4, -0.2) is 23.4 Å². The van der Waals surface area contributed by atoms with Crippen molar-refractivity contribution in [1.29, 1.82) is 0 Å². The molecule has 4 heteroatoms. The quantitative estimate of drug-likeness (QED) is 0.689. The van der Waals surface area contributed by atoms with Gasteiger partial charge in [0.25, 0.3) is 0 Å². The third kappa shape index (κ3) is 5.80. The highest BCUT2D eigenvalue weighted by molar-refractivity contribution is 5.65. The largest absolute Gasteiger partial charge is 0.444 e. The SMILES string of the molecule is CCCC(CO)CC(C)(C)OC(N)=O. The number of nitrogens with two attached hydrogens (primary N) is 1. The highest BCUT2D eigenvalue weighted by Gasteiger charge is 2.25. The van der Waals surface area contributed by atoms with Crippen LogP contribution < -0.4 is 5.73 Å². The normalized spacial score (nSPS) is 13.7. The fraction of sp³-hybridized carbons (Fsp3) is 0.900. The van der Waals surface area contributed by atoms with Crippen molar-refractivity contribution in [3.8, 4) is 0 Å². The molecule has 1 amide bonds. The number of carbonyl (C=O) groups excluding carboxylic acids is 1. The van der Waals surface area contributed by atoms with E-state index in [2.05, 4.69) is 6.92 Å². The molecule has 0 aromatic heterocycles. The van der Waals surface area contributed by atoms with Crippen LogP contribution in [0, 0.1) is 5.92 Å². The van der Waals surface area contributed by atoms with Crippen LogP contribution in [0.5, 0.6) is 0 Å². The smallest absolute Gasteiger partial charge is 0.405 e. The van der Waals surface area contributed by atoms with Crippen molar-refractivity contribution in [2.45, 2.75) is 45.6 Å². The lowest BCUT2D eigenvalue weighted by molar-refractivity contribution is 0.0170. The van der Waals surface area contributed by atoms with Crippen molar-refractivity contribution in [3.63, 3.8) is 0 Å². The first kappa shape index (κ1) is 13.2. The predicted octanol–water partition coefficient (Wildman–Crippen LogP) is 1.66. The van der Waals surface area contributed by atoms with Crippen LogP contribution >= 0.6 is 0 Å². The molecule has 0 aromatic rings. The van der Waals surface area contributed by atoms with Gasteiger partial charge in [0.2, 0.25) is 0 Å². The number of hydrogen-bond acceptors (Lipinski definition) is 3. The monoisotopic (exact) mass is 203 g/mol. The summed E-state index contributed by atoms with van der Waals surface area (Å²) in [6.45, 7) is 5.79. The minimum atomic E-state index is -0.761. The predicted molar refractivity (Wildman–Crippen MR) is 54.8 cm³/mol. The van der Waals surface area contributed by atoms with Crippen molar-refractivity contribution in [1.82, 2.24) is 0 Å². The molecule has 0 aromatic carbocycles. The van der Waals surface area contributed by atoms with Gasteiger partial charge in [-0.2, -0.15) is 0 Å². The molecule has 0 spiro atoms. The lowest BCUT2D eigenvalue weighted by Crippen LogP contribution is -2.34. The minimum absolute atomic E-state index is 0.124. The van der Waals surface area contributed by atoms with Crippen molar-refractivity contribution in [2.75, 3.05) is 6.61 Å². The molecule has 0 aliphatic rings. The second-order valence-electron chi connectivity index (χ2n) is 4.22. The number of aliphatic hydroxyl groups is 1. The molecule has 3 N–H and O–H groups in total. The van der Waals surface area contributed by atoms with Gasteiger partial charge in [0.1, 0.15) is 5.60 Å². The number of carbonyl (C=O) groups is 1. The van der Waals surface area contributed by atoms with E-state index in [9.17, 15) is 4.79 Å². The number of amides is 1. The van der Waals surface area contributed by atoms with Crippen LogP contribution in [0.1, 0.15) is 40.0 Å². The Morgan fingerprint density at radius 1 is 1.57 bits per heavy atom. The number of aliphatic hydroxyl groups excluding tert-OH is 1. The van der Waals surface area contributed by atoms with E-state index in [-0.39, 0.29) is 12.5 Å². The summed E-state index contributed by atoms with van der Waals surface area (Å²) in [5, 5.41) is 9.08. The molecule has 1 atom stereocenters. The van der Waals surface area contributed by atoms with Crippen molar-refractivity contribution in [3.05, 3.63) is 0 Å². The topological polar surface area (TPSA) is 72.6 Å². The molecule has 0 rings (SSSR count). The van der Waals surface area contributed by atoms with Crippen LogP contribution in [0.2, 0.25) is 0 Å². The Labute approximate surface area is 85.4 Å². The van der Waals surface area contributed by atoms with Gasteiger partial charge in [-0.25, -0.2) is 4.79 Å². The molecule has 0 bridgehead atoms. The molecule has 0 fully saturated rings. The van der Waals surface area contributed by atoms with Crippen LogP contribution in [0.25, 0.3) is 0 Å². The first-order valence-electron chi connectivity index (χ1n) is 5.00. The number of rotatable bonds is 6. The molecule has 0 aliphatic heterocycles. The summed E-state index contributed by atoms with van der Waals surface area (Å²) in [6.07, 6.45) is 1.82. The van der Waals surface area contributed by atoms with E-state index < -0.39 is 11.7 Å². The average Bonchev–Trinajstić information content (AvgIpc) is 2.00. The summed E-state index contributed by atoms with van der Waals surface area (Å²) in [6, 6.07) is 0. The van der Waals surface area contributed by atoms with E-state index in [1.54, 1.807) is 13.8 Å². The number of ether oxygens (including phenoxy) is 1. The van der Waals surface area contributed by atoms with E-state index in [1.807, 2.05) is 0 Å². The molecule has 0 heterocycles.